The van der Waals surface area contributed by atoms with E-state index in [4.69, 9.17) is 10.5 Å². The van der Waals surface area contributed by atoms with Crippen molar-refractivity contribution in [2.24, 2.45) is 5.73 Å². The number of benzene rings is 1. The molecule has 0 aliphatic heterocycles. The molecule has 3 heteroatoms. The summed E-state index contributed by atoms with van der Waals surface area (Å²) in [6.45, 7) is 6.40. The molecule has 1 atom stereocenters. The standard InChI is InChI=1S/C13H22N2O/c1-10-5-4-6-11(2)13(10)12(9-14)15-7-8-16-3/h4-6,12,15H,7-9,14H2,1-3H3. The van der Waals surface area contributed by atoms with Gasteiger partial charge in [-0.3, -0.25) is 0 Å². The highest BCUT2D eigenvalue weighted by Crippen LogP contribution is 2.20. The van der Waals surface area contributed by atoms with Crippen molar-refractivity contribution in [2.75, 3.05) is 26.8 Å². The lowest BCUT2D eigenvalue weighted by Crippen LogP contribution is -2.31. The zero-order valence-corrected chi connectivity index (χ0v) is 10.4. The van der Waals surface area contributed by atoms with Crippen molar-refractivity contribution in [1.29, 1.82) is 0 Å². The highest BCUT2D eigenvalue weighted by Gasteiger charge is 2.13. The maximum atomic E-state index is 5.82. The summed E-state index contributed by atoms with van der Waals surface area (Å²) in [5, 5.41) is 3.42. The van der Waals surface area contributed by atoms with E-state index < -0.39 is 0 Å². The predicted molar refractivity (Wildman–Crippen MR) is 67.6 cm³/mol. The van der Waals surface area contributed by atoms with Crippen LogP contribution in [0, 0.1) is 13.8 Å². The summed E-state index contributed by atoms with van der Waals surface area (Å²) in [5.74, 6) is 0. The molecular formula is C13H22N2O. The van der Waals surface area contributed by atoms with Gasteiger partial charge >= 0.3 is 0 Å². The number of aryl methyl sites for hydroxylation is 2. The van der Waals surface area contributed by atoms with Crippen molar-refractivity contribution in [3.05, 3.63) is 34.9 Å². The van der Waals surface area contributed by atoms with Crippen LogP contribution in [-0.4, -0.2) is 26.8 Å². The summed E-state index contributed by atoms with van der Waals surface area (Å²) >= 11 is 0. The summed E-state index contributed by atoms with van der Waals surface area (Å²) in [7, 11) is 1.71. The molecule has 90 valence electrons. The normalized spacial score (nSPS) is 12.8. The van der Waals surface area contributed by atoms with Gasteiger partial charge in [-0.15, -0.1) is 0 Å². The minimum Gasteiger partial charge on any atom is -0.383 e. The summed E-state index contributed by atoms with van der Waals surface area (Å²) in [6, 6.07) is 6.56. The van der Waals surface area contributed by atoms with Crippen molar-refractivity contribution in [3.8, 4) is 0 Å². The van der Waals surface area contributed by atoms with Crippen LogP contribution in [0.25, 0.3) is 0 Å². The van der Waals surface area contributed by atoms with E-state index in [0.29, 0.717) is 13.2 Å². The van der Waals surface area contributed by atoms with Gasteiger partial charge < -0.3 is 15.8 Å². The van der Waals surface area contributed by atoms with Gasteiger partial charge in [0, 0.05) is 26.2 Å². The molecular weight excluding hydrogens is 200 g/mol. The molecule has 0 bridgehead atoms. The first-order chi connectivity index (χ1) is 7.70. The molecule has 0 fully saturated rings. The van der Waals surface area contributed by atoms with Crippen LogP contribution in [0.15, 0.2) is 18.2 Å². The predicted octanol–water partition coefficient (Wildman–Crippen LogP) is 1.54. The molecule has 1 rings (SSSR count). The first-order valence-corrected chi connectivity index (χ1v) is 5.69. The highest BCUT2D eigenvalue weighted by atomic mass is 16.5. The van der Waals surface area contributed by atoms with Gasteiger partial charge in [0.1, 0.15) is 0 Å². The Bertz CT molecular complexity index is 305. The molecule has 0 saturated carbocycles. The first-order valence-electron chi connectivity index (χ1n) is 5.69. The van der Waals surface area contributed by atoms with E-state index in [-0.39, 0.29) is 6.04 Å². The lowest BCUT2D eigenvalue weighted by molar-refractivity contribution is 0.196. The zero-order chi connectivity index (χ0) is 12.0. The lowest BCUT2D eigenvalue weighted by Gasteiger charge is -2.21. The largest absolute Gasteiger partial charge is 0.383 e. The van der Waals surface area contributed by atoms with Gasteiger partial charge in [0.2, 0.25) is 0 Å². The molecule has 16 heavy (non-hydrogen) atoms. The fraction of sp³-hybridized carbons (Fsp3) is 0.538. The molecule has 0 saturated heterocycles. The number of hydrogen-bond acceptors (Lipinski definition) is 3. The van der Waals surface area contributed by atoms with E-state index >= 15 is 0 Å². The molecule has 0 aliphatic carbocycles. The Morgan fingerprint density at radius 2 is 1.94 bits per heavy atom. The first kappa shape index (κ1) is 13.2. The number of nitrogens with two attached hydrogens (primary N) is 1. The van der Waals surface area contributed by atoms with E-state index in [9.17, 15) is 0 Å². The van der Waals surface area contributed by atoms with Gasteiger partial charge in [0.15, 0.2) is 0 Å². The van der Waals surface area contributed by atoms with Crippen LogP contribution in [0.2, 0.25) is 0 Å². The Morgan fingerprint density at radius 3 is 2.44 bits per heavy atom. The molecule has 0 spiro atoms. The van der Waals surface area contributed by atoms with Crippen LogP contribution in [0.1, 0.15) is 22.7 Å². The maximum Gasteiger partial charge on any atom is 0.0587 e. The minimum absolute atomic E-state index is 0.219. The van der Waals surface area contributed by atoms with Crippen LogP contribution in [0.3, 0.4) is 0 Å². The van der Waals surface area contributed by atoms with Crippen molar-refractivity contribution < 1.29 is 4.74 Å². The monoisotopic (exact) mass is 222 g/mol. The molecule has 3 N–H and O–H groups in total. The SMILES string of the molecule is COCCNC(CN)c1c(C)cccc1C. The molecule has 0 aliphatic rings. The number of rotatable bonds is 6. The second-order valence-corrected chi connectivity index (χ2v) is 4.04. The molecule has 3 nitrogen and oxygen atoms in total. The van der Waals surface area contributed by atoms with E-state index in [2.05, 4.69) is 37.4 Å². The lowest BCUT2D eigenvalue weighted by atomic mass is 9.96. The summed E-state index contributed by atoms with van der Waals surface area (Å²) in [4.78, 5) is 0. The Morgan fingerprint density at radius 1 is 1.31 bits per heavy atom. The molecule has 0 amide bonds. The average molecular weight is 222 g/mol. The Kier molecular flexibility index (Phi) is 5.46. The van der Waals surface area contributed by atoms with Crippen LogP contribution in [0.5, 0.6) is 0 Å². The van der Waals surface area contributed by atoms with Gasteiger partial charge in [-0.05, 0) is 30.5 Å². The second-order valence-electron chi connectivity index (χ2n) is 4.04. The van der Waals surface area contributed by atoms with Gasteiger partial charge in [0.05, 0.1) is 6.61 Å². The van der Waals surface area contributed by atoms with Crippen LogP contribution >= 0.6 is 0 Å². The number of methoxy groups -OCH3 is 1. The number of nitrogens with one attached hydrogen (secondary N) is 1. The molecule has 0 radical (unpaired) electrons. The molecule has 0 aromatic heterocycles. The Balaban J connectivity index is 2.78. The van der Waals surface area contributed by atoms with Crippen LogP contribution in [0.4, 0.5) is 0 Å². The zero-order valence-electron chi connectivity index (χ0n) is 10.4. The third kappa shape index (κ3) is 3.30. The van der Waals surface area contributed by atoms with Crippen molar-refractivity contribution >= 4 is 0 Å². The Hall–Kier alpha value is -0.900. The molecule has 1 unspecified atom stereocenters. The van der Waals surface area contributed by atoms with Gasteiger partial charge in [-0.1, -0.05) is 18.2 Å². The van der Waals surface area contributed by atoms with Crippen molar-refractivity contribution in [2.45, 2.75) is 19.9 Å². The van der Waals surface area contributed by atoms with Crippen molar-refractivity contribution in [1.82, 2.24) is 5.32 Å². The Labute approximate surface area is 98.0 Å². The summed E-state index contributed by atoms with van der Waals surface area (Å²) in [6.07, 6.45) is 0. The van der Waals surface area contributed by atoms with Gasteiger partial charge in [-0.2, -0.15) is 0 Å². The average Bonchev–Trinajstić information content (AvgIpc) is 2.26. The fourth-order valence-electron chi connectivity index (χ4n) is 2.02. The van der Waals surface area contributed by atoms with E-state index in [1.54, 1.807) is 7.11 Å². The van der Waals surface area contributed by atoms with E-state index in [0.717, 1.165) is 6.54 Å². The number of ether oxygens (including phenoxy) is 1. The third-order valence-corrected chi connectivity index (χ3v) is 2.82. The summed E-state index contributed by atoms with van der Waals surface area (Å²) in [5.41, 5.74) is 9.73. The second kappa shape index (κ2) is 6.63. The molecule has 0 heterocycles. The van der Waals surface area contributed by atoms with E-state index in [1.807, 2.05) is 0 Å². The van der Waals surface area contributed by atoms with E-state index in [1.165, 1.54) is 16.7 Å². The highest BCUT2D eigenvalue weighted by molar-refractivity contribution is 5.36. The molecule has 1 aromatic rings. The smallest absolute Gasteiger partial charge is 0.0587 e. The van der Waals surface area contributed by atoms with Crippen LogP contribution < -0.4 is 11.1 Å². The number of hydrogen-bond donors (Lipinski definition) is 2. The van der Waals surface area contributed by atoms with Gasteiger partial charge in [-0.25, -0.2) is 0 Å². The maximum absolute atomic E-state index is 5.82. The van der Waals surface area contributed by atoms with Crippen molar-refractivity contribution in [3.63, 3.8) is 0 Å². The van der Waals surface area contributed by atoms with Crippen LogP contribution in [-0.2, 0) is 4.74 Å². The third-order valence-electron chi connectivity index (χ3n) is 2.82. The fourth-order valence-corrected chi connectivity index (χ4v) is 2.02. The summed E-state index contributed by atoms with van der Waals surface area (Å²) < 4.78 is 5.03. The minimum atomic E-state index is 0.219. The topological polar surface area (TPSA) is 47.3 Å². The quantitative estimate of drug-likeness (QED) is 0.718. The molecule has 1 aromatic carbocycles. The van der Waals surface area contributed by atoms with Gasteiger partial charge in [0.25, 0.3) is 0 Å².